The molecule has 6 heteroatoms. The highest BCUT2D eigenvalue weighted by Crippen LogP contribution is 2.23. The van der Waals surface area contributed by atoms with E-state index >= 15 is 0 Å². The molecule has 3 rings (SSSR count). The van der Waals surface area contributed by atoms with Gasteiger partial charge in [0.25, 0.3) is 0 Å². The number of aromatic nitrogens is 3. The van der Waals surface area contributed by atoms with Crippen LogP contribution in [0.2, 0.25) is 0 Å². The molecule has 0 aliphatic heterocycles. The number of rotatable bonds is 4. The number of aliphatic hydroxyl groups excluding tert-OH is 1. The number of nitrogens with zero attached hydrogens (tertiary/aromatic N) is 2. The van der Waals surface area contributed by atoms with Crippen LogP contribution in [0.1, 0.15) is 24.2 Å². The van der Waals surface area contributed by atoms with Crippen molar-refractivity contribution in [2.45, 2.75) is 13.0 Å². The van der Waals surface area contributed by atoms with Gasteiger partial charge in [-0.2, -0.15) is 0 Å². The fraction of sp³-hybridized carbons (Fsp3) is 0.118. The summed E-state index contributed by atoms with van der Waals surface area (Å²) in [6.45, 7) is 1.72. The number of primary amides is 1. The standard InChI is InChI=1S/C17H16N4O2/c1-10(22)11-2-4-12(5-3-11)14-9-20-17-16(21-14)13(8-19-17)6-7-15(18)23/h2-10,22H,1H3,(H2,18,23)(H,19,20)/b7-6+/t10-/m0/s1. The fourth-order valence-electron chi connectivity index (χ4n) is 2.28. The lowest BCUT2D eigenvalue weighted by molar-refractivity contribution is -0.113. The summed E-state index contributed by atoms with van der Waals surface area (Å²) < 4.78 is 0. The Morgan fingerprint density at radius 2 is 2.09 bits per heavy atom. The Morgan fingerprint density at radius 1 is 1.35 bits per heavy atom. The van der Waals surface area contributed by atoms with Crippen molar-refractivity contribution in [1.82, 2.24) is 15.0 Å². The molecule has 4 N–H and O–H groups in total. The molecule has 1 aromatic carbocycles. The van der Waals surface area contributed by atoms with Gasteiger partial charge in [0.15, 0.2) is 5.65 Å². The zero-order valence-electron chi connectivity index (χ0n) is 12.5. The van der Waals surface area contributed by atoms with Crippen LogP contribution in [0.4, 0.5) is 0 Å². The number of nitrogens with two attached hydrogens (primary N) is 1. The van der Waals surface area contributed by atoms with E-state index in [0.29, 0.717) is 16.9 Å². The predicted octanol–water partition coefficient (Wildman–Crippen LogP) is 2.18. The normalized spacial score (nSPS) is 12.8. The lowest BCUT2D eigenvalue weighted by Gasteiger charge is -2.06. The van der Waals surface area contributed by atoms with Gasteiger partial charge < -0.3 is 15.8 Å². The third kappa shape index (κ3) is 3.12. The van der Waals surface area contributed by atoms with E-state index < -0.39 is 12.0 Å². The Labute approximate surface area is 132 Å². The molecule has 0 aliphatic carbocycles. The van der Waals surface area contributed by atoms with Crippen LogP contribution >= 0.6 is 0 Å². The summed E-state index contributed by atoms with van der Waals surface area (Å²) in [5, 5.41) is 9.56. The van der Waals surface area contributed by atoms with E-state index in [-0.39, 0.29) is 0 Å². The van der Waals surface area contributed by atoms with Crippen LogP contribution in [0.3, 0.4) is 0 Å². The third-order valence-corrected chi connectivity index (χ3v) is 3.53. The van der Waals surface area contributed by atoms with Crippen LogP contribution in [-0.4, -0.2) is 26.0 Å². The Morgan fingerprint density at radius 3 is 2.74 bits per heavy atom. The number of H-pyrrole nitrogens is 1. The summed E-state index contributed by atoms with van der Waals surface area (Å²) in [5.74, 6) is -0.517. The first-order valence-electron chi connectivity index (χ1n) is 7.14. The maximum absolute atomic E-state index is 10.9. The van der Waals surface area contributed by atoms with Crippen molar-refractivity contribution < 1.29 is 9.90 Å². The van der Waals surface area contributed by atoms with Gasteiger partial charge in [-0.1, -0.05) is 24.3 Å². The first kappa shape index (κ1) is 14.9. The maximum Gasteiger partial charge on any atom is 0.241 e. The Kier molecular flexibility index (Phi) is 3.91. The van der Waals surface area contributed by atoms with Crippen LogP contribution in [0, 0.1) is 0 Å². The van der Waals surface area contributed by atoms with Gasteiger partial charge in [0.05, 0.1) is 18.0 Å². The fourth-order valence-corrected chi connectivity index (χ4v) is 2.28. The molecule has 1 atom stereocenters. The van der Waals surface area contributed by atoms with Gasteiger partial charge in [-0.05, 0) is 18.6 Å². The van der Waals surface area contributed by atoms with Crippen LogP contribution in [0.5, 0.6) is 0 Å². The van der Waals surface area contributed by atoms with Crippen molar-refractivity contribution in [3.63, 3.8) is 0 Å². The summed E-state index contributed by atoms with van der Waals surface area (Å²) in [6.07, 6.45) is 5.79. The Balaban J connectivity index is 2.01. The van der Waals surface area contributed by atoms with E-state index in [2.05, 4.69) is 15.0 Å². The quantitative estimate of drug-likeness (QED) is 0.642. The van der Waals surface area contributed by atoms with Crippen LogP contribution in [-0.2, 0) is 4.79 Å². The molecule has 1 amide bonds. The van der Waals surface area contributed by atoms with Crippen molar-refractivity contribution in [2.24, 2.45) is 5.73 Å². The Hall–Kier alpha value is -2.99. The third-order valence-electron chi connectivity index (χ3n) is 3.53. The highest BCUT2D eigenvalue weighted by molar-refractivity contribution is 5.93. The number of hydrogen-bond acceptors (Lipinski definition) is 4. The molecule has 3 aromatic rings. The topological polar surface area (TPSA) is 105 Å². The largest absolute Gasteiger partial charge is 0.389 e. The van der Waals surface area contributed by atoms with Crippen molar-refractivity contribution >= 4 is 23.1 Å². The molecular weight excluding hydrogens is 292 g/mol. The summed E-state index contributed by atoms with van der Waals surface area (Å²) in [4.78, 5) is 22.8. The van der Waals surface area contributed by atoms with Crippen molar-refractivity contribution in [3.05, 3.63) is 53.9 Å². The predicted molar refractivity (Wildman–Crippen MR) is 88.2 cm³/mol. The first-order valence-corrected chi connectivity index (χ1v) is 7.14. The second-order valence-electron chi connectivity index (χ2n) is 5.23. The molecule has 2 heterocycles. The second-order valence-corrected chi connectivity index (χ2v) is 5.23. The number of fused-ring (bicyclic) bond motifs is 1. The molecule has 0 bridgehead atoms. The molecule has 23 heavy (non-hydrogen) atoms. The van der Waals surface area contributed by atoms with Crippen molar-refractivity contribution in [2.75, 3.05) is 0 Å². The summed E-state index contributed by atoms with van der Waals surface area (Å²) in [5.41, 5.74) is 9.62. The lowest BCUT2D eigenvalue weighted by Crippen LogP contribution is -2.05. The van der Waals surface area contributed by atoms with Crippen molar-refractivity contribution in [3.8, 4) is 11.3 Å². The molecular formula is C17H16N4O2. The number of carbonyl (C=O) groups excluding carboxylic acids is 1. The SMILES string of the molecule is C[C@H](O)c1ccc(-c2cnc3[nH]cc(/C=C/C(N)=O)c3n2)cc1. The number of benzene rings is 1. The van der Waals surface area contributed by atoms with Gasteiger partial charge >= 0.3 is 0 Å². The van der Waals surface area contributed by atoms with Gasteiger partial charge in [0.1, 0.15) is 5.52 Å². The van der Waals surface area contributed by atoms with Gasteiger partial charge in [0.2, 0.25) is 5.91 Å². The van der Waals surface area contributed by atoms with E-state index in [9.17, 15) is 9.90 Å². The summed E-state index contributed by atoms with van der Waals surface area (Å²) >= 11 is 0. The zero-order valence-corrected chi connectivity index (χ0v) is 12.5. The number of carbonyl (C=O) groups is 1. The van der Waals surface area contributed by atoms with E-state index in [1.165, 1.54) is 6.08 Å². The number of hydrogen-bond donors (Lipinski definition) is 3. The summed E-state index contributed by atoms with van der Waals surface area (Å²) in [6, 6.07) is 7.50. The summed E-state index contributed by atoms with van der Waals surface area (Å²) in [7, 11) is 0. The second kappa shape index (κ2) is 6.02. The lowest BCUT2D eigenvalue weighted by atomic mass is 10.1. The maximum atomic E-state index is 10.9. The van der Waals surface area contributed by atoms with E-state index in [1.54, 1.807) is 25.4 Å². The first-order chi connectivity index (χ1) is 11.0. The highest BCUT2D eigenvalue weighted by Gasteiger charge is 2.08. The van der Waals surface area contributed by atoms with Crippen LogP contribution < -0.4 is 5.73 Å². The molecule has 0 spiro atoms. The average Bonchev–Trinajstić information content (AvgIpc) is 2.95. The average molecular weight is 308 g/mol. The van der Waals surface area contributed by atoms with E-state index in [4.69, 9.17) is 5.73 Å². The van der Waals surface area contributed by atoms with Crippen molar-refractivity contribution in [1.29, 1.82) is 0 Å². The molecule has 0 aliphatic rings. The molecule has 116 valence electrons. The molecule has 0 radical (unpaired) electrons. The minimum Gasteiger partial charge on any atom is -0.389 e. The van der Waals surface area contributed by atoms with E-state index in [1.807, 2.05) is 24.3 Å². The molecule has 0 saturated carbocycles. The number of aromatic amines is 1. The monoisotopic (exact) mass is 308 g/mol. The number of nitrogens with one attached hydrogen (secondary N) is 1. The van der Waals surface area contributed by atoms with Gasteiger partial charge in [-0.3, -0.25) is 4.79 Å². The van der Waals surface area contributed by atoms with E-state index in [0.717, 1.165) is 16.7 Å². The highest BCUT2D eigenvalue weighted by atomic mass is 16.3. The molecule has 2 aromatic heterocycles. The number of aliphatic hydroxyl groups is 1. The molecule has 0 saturated heterocycles. The zero-order chi connectivity index (χ0) is 16.4. The molecule has 0 fully saturated rings. The van der Waals surface area contributed by atoms with Gasteiger partial charge in [-0.15, -0.1) is 0 Å². The minimum absolute atomic E-state index is 0.507. The smallest absolute Gasteiger partial charge is 0.241 e. The van der Waals surface area contributed by atoms with Crippen LogP contribution in [0.25, 0.3) is 28.5 Å². The number of amides is 1. The van der Waals surface area contributed by atoms with Gasteiger partial charge in [-0.25, -0.2) is 9.97 Å². The van der Waals surface area contributed by atoms with Gasteiger partial charge in [0, 0.05) is 23.4 Å². The molecule has 0 unspecified atom stereocenters. The Bertz CT molecular complexity index is 879. The molecule has 6 nitrogen and oxygen atoms in total. The minimum atomic E-state index is -0.517. The van der Waals surface area contributed by atoms with Crippen LogP contribution in [0.15, 0.2) is 42.7 Å².